The Labute approximate surface area is 164 Å². The van der Waals surface area contributed by atoms with Gasteiger partial charge in [0.25, 0.3) is 5.91 Å². The van der Waals surface area contributed by atoms with E-state index in [-0.39, 0.29) is 5.91 Å². The summed E-state index contributed by atoms with van der Waals surface area (Å²) >= 11 is 0. The molecule has 3 rings (SSSR count). The molecule has 150 valence electrons. The predicted octanol–water partition coefficient (Wildman–Crippen LogP) is 2.10. The summed E-state index contributed by atoms with van der Waals surface area (Å²) in [6.45, 7) is 5.28. The summed E-state index contributed by atoms with van der Waals surface area (Å²) < 4.78 is 15.8. The number of pyridine rings is 1. The normalized spacial score (nSPS) is 14.4. The average Bonchev–Trinajstić information content (AvgIpc) is 2.75. The fourth-order valence-electron chi connectivity index (χ4n) is 2.88. The van der Waals surface area contributed by atoms with Crippen LogP contribution < -0.4 is 20.1 Å². The second-order valence-corrected chi connectivity index (χ2v) is 6.37. The average molecular weight is 386 g/mol. The molecule has 0 spiro atoms. The molecule has 1 aromatic heterocycles. The van der Waals surface area contributed by atoms with Gasteiger partial charge in [-0.25, -0.2) is 4.98 Å². The number of nitrogens with zero attached hydrogens (tertiary/aromatic N) is 2. The number of hydrogen-bond acceptors (Lipinski definition) is 7. The number of ether oxygens (including phenoxy) is 3. The molecule has 2 N–H and O–H groups in total. The van der Waals surface area contributed by atoms with Crippen molar-refractivity contribution >= 4 is 17.4 Å². The fourth-order valence-corrected chi connectivity index (χ4v) is 2.88. The van der Waals surface area contributed by atoms with Crippen LogP contribution in [0.1, 0.15) is 10.4 Å². The number of nitrogens with one attached hydrogen (secondary N) is 2. The Morgan fingerprint density at radius 2 is 1.86 bits per heavy atom. The van der Waals surface area contributed by atoms with E-state index < -0.39 is 0 Å². The van der Waals surface area contributed by atoms with E-state index in [1.165, 1.54) is 0 Å². The van der Waals surface area contributed by atoms with Crippen LogP contribution in [0.4, 0.5) is 11.5 Å². The van der Waals surface area contributed by atoms with E-state index in [0.29, 0.717) is 22.7 Å². The van der Waals surface area contributed by atoms with E-state index in [2.05, 4.69) is 20.5 Å². The van der Waals surface area contributed by atoms with Crippen molar-refractivity contribution in [2.24, 2.45) is 0 Å². The summed E-state index contributed by atoms with van der Waals surface area (Å²) in [4.78, 5) is 19.2. The van der Waals surface area contributed by atoms with Crippen LogP contribution in [-0.4, -0.2) is 69.4 Å². The molecule has 1 fully saturated rings. The number of carbonyl (C=O) groups is 1. The number of anilines is 2. The minimum absolute atomic E-state index is 0.257. The highest BCUT2D eigenvalue weighted by Gasteiger charge is 2.11. The molecule has 2 aromatic rings. The van der Waals surface area contributed by atoms with Crippen LogP contribution in [0.5, 0.6) is 11.5 Å². The Kier molecular flexibility index (Phi) is 7.05. The van der Waals surface area contributed by atoms with Gasteiger partial charge in [-0.1, -0.05) is 0 Å². The molecule has 1 aromatic carbocycles. The second-order valence-electron chi connectivity index (χ2n) is 6.37. The lowest BCUT2D eigenvalue weighted by Gasteiger charge is -2.26. The summed E-state index contributed by atoms with van der Waals surface area (Å²) in [6.07, 6.45) is 1.63. The summed E-state index contributed by atoms with van der Waals surface area (Å²) in [5, 5.41) is 6.13. The molecular weight excluding hydrogens is 360 g/mol. The zero-order chi connectivity index (χ0) is 19.8. The number of aromatic nitrogens is 1. The maximum Gasteiger partial charge on any atom is 0.255 e. The van der Waals surface area contributed by atoms with Crippen LogP contribution >= 0.6 is 0 Å². The summed E-state index contributed by atoms with van der Waals surface area (Å²) in [5.41, 5.74) is 1.06. The third kappa shape index (κ3) is 5.58. The van der Waals surface area contributed by atoms with Gasteiger partial charge in [-0.05, 0) is 24.3 Å². The monoisotopic (exact) mass is 386 g/mol. The molecule has 1 aliphatic heterocycles. The molecule has 0 bridgehead atoms. The third-order valence-electron chi connectivity index (χ3n) is 4.47. The summed E-state index contributed by atoms with van der Waals surface area (Å²) in [6, 6.07) is 8.70. The van der Waals surface area contributed by atoms with Crippen LogP contribution in [0.25, 0.3) is 0 Å². The fraction of sp³-hybridized carbons (Fsp3) is 0.400. The van der Waals surface area contributed by atoms with Gasteiger partial charge in [-0.2, -0.15) is 0 Å². The van der Waals surface area contributed by atoms with Crippen LogP contribution in [0, 0.1) is 0 Å². The number of benzene rings is 1. The molecule has 2 heterocycles. The molecule has 0 unspecified atom stereocenters. The maximum atomic E-state index is 12.5. The van der Waals surface area contributed by atoms with E-state index in [9.17, 15) is 4.79 Å². The number of amides is 1. The van der Waals surface area contributed by atoms with Gasteiger partial charge in [-0.3, -0.25) is 9.69 Å². The van der Waals surface area contributed by atoms with Crippen molar-refractivity contribution in [3.63, 3.8) is 0 Å². The molecule has 8 nitrogen and oxygen atoms in total. The first-order valence-corrected chi connectivity index (χ1v) is 9.22. The van der Waals surface area contributed by atoms with Gasteiger partial charge < -0.3 is 24.8 Å². The Bertz CT molecular complexity index is 754. The SMILES string of the molecule is COc1cc(OC)cc(C(=O)Nc2ccc(NCCN3CCOCC3)nc2)c1. The Balaban J connectivity index is 1.52. The molecule has 0 radical (unpaired) electrons. The van der Waals surface area contributed by atoms with Crippen molar-refractivity contribution in [3.05, 3.63) is 42.1 Å². The van der Waals surface area contributed by atoms with E-state index >= 15 is 0 Å². The zero-order valence-electron chi connectivity index (χ0n) is 16.2. The third-order valence-corrected chi connectivity index (χ3v) is 4.47. The first-order chi connectivity index (χ1) is 13.7. The molecule has 0 saturated carbocycles. The number of carbonyl (C=O) groups excluding carboxylic acids is 1. The zero-order valence-corrected chi connectivity index (χ0v) is 16.2. The number of rotatable bonds is 8. The highest BCUT2D eigenvalue weighted by atomic mass is 16.5. The first-order valence-electron chi connectivity index (χ1n) is 9.22. The Morgan fingerprint density at radius 1 is 1.14 bits per heavy atom. The van der Waals surface area contributed by atoms with Crippen molar-refractivity contribution < 1.29 is 19.0 Å². The van der Waals surface area contributed by atoms with Crippen LogP contribution in [0.3, 0.4) is 0 Å². The van der Waals surface area contributed by atoms with E-state index in [4.69, 9.17) is 14.2 Å². The Hall–Kier alpha value is -2.84. The van der Waals surface area contributed by atoms with Gasteiger partial charge in [0.2, 0.25) is 0 Å². The molecule has 1 saturated heterocycles. The van der Waals surface area contributed by atoms with Gasteiger partial charge in [-0.15, -0.1) is 0 Å². The van der Waals surface area contributed by atoms with Crippen LogP contribution in [0.2, 0.25) is 0 Å². The molecule has 0 atom stereocenters. The second kappa shape index (κ2) is 9.91. The molecule has 28 heavy (non-hydrogen) atoms. The van der Waals surface area contributed by atoms with E-state index in [0.717, 1.165) is 45.2 Å². The number of methoxy groups -OCH3 is 2. The van der Waals surface area contributed by atoms with Crippen LogP contribution in [0.15, 0.2) is 36.5 Å². The lowest BCUT2D eigenvalue weighted by Crippen LogP contribution is -2.39. The lowest BCUT2D eigenvalue weighted by atomic mass is 10.2. The van der Waals surface area contributed by atoms with Crippen molar-refractivity contribution in [1.29, 1.82) is 0 Å². The lowest BCUT2D eigenvalue weighted by molar-refractivity contribution is 0.0398. The van der Waals surface area contributed by atoms with Crippen LogP contribution in [-0.2, 0) is 4.74 Å². The van der Waals surface area contributed by atoms with Gasteiger partial charge >= 0.3 is 0 Å². The number of hydrogen-bond donors (Lipinski definition) is 2. The minimum atomic E-state index is -0.257. The van der Waals surface area contributed by atoms with Crippen molar-refractivity contribution in [1.82, 2.24) is 9.88 Å². The molecule has 1 aliphatic rings. The molecule has 0 aliphatic carbocycles. The van der Waals surface area contributed by atoms with Crippen molar-refractivity contribution in [2.75, 3.05) is 64.2 Å². The highest BCUT2D eigenvalue weighted by molar-refractivity contribution is 6.04. The van der Waals surface area contributed by atoms with Gasteiger partial charge in [0.05, 0.1) is 39.3 Å². The Morgan fingerprint density at radius 3 is 2.46 bits per heavy atom. The number of morpholine rings is 1. The molecule has 8 heteroatoms. The molecular formula is C20H26N4O4. The summed E-state index contributed by atoms with van der Waals surface area (Å²) in [7, 11) is 3.09. The maximum absolute atomic E-state index is 12.5. The largest absolute Gasteiger partial charge is 0.497 e. The first kappa shape index (κ1) is 19.9. The summed E-state index contributed by atoms with van der Waals surface area (Å²) in [5.74, 6) is 1.63. The minimum Gasteiger partial charge on any atom is -0.497 e. The topological polar surface area (TPSA) is 85.0 Å². The smallest absolute Gasteiger partial charge is 0.255 e. The van der Waals surface area contributed by atoms with Gasteiger partial charge in [0.1, 0.15) is 17.3 Å². The predicted molar refractivity (Wildman–Crippen MR) is 107 cm³/mol. The standard InChI is InChI=1S/C20H26N4O4/c1-26-17-11-15(12-18(13-17)27-2)20(25)23-16-3-4-19(22-14-16)21-5-6-24-7-9-28-10-8-24/h3-4,11-14H,5-10H2,1-2H3,(H,21,22)(H,23,25). The van der Waals surface area contributed by atoms with Gasteiger partial charge in [0, 0.05) is 37.8 Å². The highest BCUT2D eigenvalue weighted by Crippen LogP contribution is 2.23. The van der Waals surface area contributed by atoms with E-state index in [1.54, 1.807) is 38.6 Å². The van der Waals surface area contributed by atoms with Gasteiger partial charge in [0.15, 0.2) is 0 Å². The van der Waals surface area contributed by atoms with E-state index in [1.807, 2.05) is 12.1 Å². The molecule has 1 amide bonds. The van der Waals surface area contributed by atoms with Crippen molar-refractivity contribution in [3.8, 4) is 11.5 Å². The van der Waals surface area contributed by atoms with Crippen molar-refractivity contribution in [2.45, 2.75) is 0 Å². The quantitative estimate of drug-likeness (QED) is 0.719.